The highest BCUT2D eigenvalue weighted by molar-refractivity contribution is 5.25. The third kappa shape index (κ3) is 3.88. The summed E-state index contributed by atoms with van der Waals surface area (Å²) < 4.78 is 13.1. The summed E-state index contributed by atoms with van der Waals surface area (Å²) in [5.74, 6) is -0.153. The van der Waals surface area contributed by atoms with Crippen LogP contribution in [0.3, 0.4) is 0 Å². The summed E-state index contributed by atoms with van der Waals surface area (Å²) in [6.07, 6.45) is 0. The lowest BCUT2D eigenvalue weighted by Gasteiger charge is -2.07. The van der Waals surface area contributed by atoms with Crippen molar-refractivity contribution in [3.05, 3.63) is 70.5 Å². The van der Waals surface area contributed by atoms with E-state index >= 15 is 0 Å². The lowest BCUT2D eigenvalue weighted by Crippen LogP contribution is -2.13. The highest BCUT2D eigenvalue weighted by atomic mass is 19.1. The molecule has 0 radical (unpaired) electrons. The molecule has 0 saturated heterocycles. The topological polar surface area (TPSA) is 38.0 Å². The number of hydrogen-bond acceptors (Lipinski definition) is 2. The van der Waals surface area contributed by atoms with E-state index in [1.807, 2.05) is 24.3 Å². The number of hydrogen-bond donors (Lipinski definition) is 2. The summed E-state index contributed by atoms with van der Waals surface area (Å²) in [5, 5.41) is 3.35. The minimum atomic E-state index is -0.153. The van der Waals surface area contributed by atoms with Gasteiger partial charge in [-0.05, 0) is 35.2 Å². The Labute approximate surface area is 113 Å². The molecule has 0 atom stereocenters. The van der Waals surface area contributed by atoms with Gasteiger partial charge in [-0.2, -0.15) is 0 Å². The van der Waals surface area contributed by atoms with Crippen LogP contribution in [-0.4, -0.2) is 0 Å². The number of nitrogens with one attached hydrogen (secondary N) is 1. The lowest BCUT2D eigenvalue weighted by molar-refractivity contribution is 0.615. The third-order valence-electron chi connectivity index (χ3n) is 3.11. The second-order valence-electron chi connectivity index (χ2n) is 4.71. The SMILES string of the molecule is Cc1cc(CNCc2cccc(CN)c2)ccc1F. The van der Waals surface area contributed by atoms with E-state index in [1.165, 1.54) is 11.6 Å². The van der Waals surface area contributed by atoms with E-state index in [0.29, 0.717) is 12.1 Å². The van der Waals surface area contributed by atoms with Crippen LogP contribution in [0.4, 0.5) is 4.39 Å². The highest BCUT2D eigenvalue weighted by Gasteiger charge is 1.99. The molecule has 3 heteroatoms. The van der Waals surface area contributed by atoms with Crippen molar-refractivity contribution >= 4 is 0 Å². The zero-order valence-electron chi connectivity index (χ0n) is 11.1. The predicted octanol–water partition coefficient (Wildman–Crippen LogP) is 2.88. The van der Waals surface area contributed by atoms with Crippen LogP contribution in [0.1, 0.15) is 22.3 Å². The Morgan fingerprint density at radius 2 is 1.68 bits per heavy atom. The first-order chi connectivity index (χ1) is 9.19. The minimum Gasteiger partial charge on any atom is -0.326 e. The Morgan fingerprint density at radius 1 is 1.00 bits per heavy atom. The summed E-state index contributed by atoms with van der Waals surface area (Å²) in [4.78, 5) is 0. The number of aryl methyl sites for hydroxylation is 1. The first kappa shape index (κ1) is 13.7. The van der Waals surface area contributed by atoms with Gasteiger partial charge >= 0.3 is 0 Å². The van der Waals surface area contributed by atoms with E-state index in [0.717, 1.165) is 24.2 Å². The third-order valence-corrected chi connectivity index (χ3v) is 3.11. The highest BCUT2D eigenvalue weighted by Crippen LogP contribution is 2.09. The Morgan fingerprint density at radius 3 is 2.37 bits per heavy atom. The van der Waals surface area contributed by atoms with Gasteiger partial charge in [0.1, 0.15) is 5.82 Å². The fourth-order valence-electron chi connectivity index (χ4n) is 2.03. The van der Waals surface area contributed by atoms with Gasteiger partial charge < -0.3 is 11.1 Å². The molecule has 0 fully saturated rings. The number of rotatable bonds is 5. The number of benzene rings is 2. The van der Waals surface area contributed by atoms with Crippen molar-refractivity contribution in [2.45, 2.75) is 26.6 Å². The molecule has 100 valence electrons. The average Bonchev–Trinajstić information content (AvgIpc) is 2.43. The molecule has 0 bridgehead atoms. The van der Waals surface area contributed by atoms with Gasteiger partial charge in [-0.25, -0.2) is 4.39 Å². The van der Waals surface area contributed by atoms with Gasteiger partial charge in [0.25, 0.3) is 0 Å². The molecule has 0 saturated carbocycles. The van der Waals surface area contributed by atoms with Gasteiger partial charge in [0.15, 0.2) is 0 Å². The van der Waals surface area contributed by atoms with Crippen LogP contribution in [0, 0.1) is 12.7 Å². The van der Waals surface area contributed by atoms with Crippen LogP contribution < -0.4 is 11.1 Å². The smallest absolute Gasteiger partial charge is 0.126 e. The monoisotopic (exact) mass is 258 g/mol. The Balaban J connectivity index is 1.90. The maximum absolute atomic E-state index is 13.1. The lowest BCUT2D eigenvalue weighted by atomic mass is 10.1. The van der Waals surface area contributed by atoms with Crippen LogP contribution in [0.2, 0.25) is 0 Å². The van der Waals surface area contributed by atoms with Crippen molar-refractivity contribution in [3.8, 4) is 0 Å². The molecule has 0 aliphatic carbocycles. The zero-order valence-corrected chi connectivity index (χ0v) is 11.1. The summed E-state index contributed by atoms with van der Waals surface area (Å²) >= 11 is 0. The number of halogens is 1. The van der Waals surface area contributed by atoms with E-state index < -0.39 is 0 Å². The normalized spacial score (nSPS) is 10.7. The quantitative estimate of drug-likeness (QED) is 0.865. The van der Waals surface area contributed by atoms with E-state index in [9.17, 15) is 4.39 Å². The van der Waals surface area contributed by atoms with E-state index in [2.05, 4.69) is 17.4 Å². The molecular formula is C16H19FN2. The first-order valence-corrected chi connectivity index (χ1v) is 6.42. The molecule has 0 unspecified atom stereocenters. The minimum absolute atomic E-state index is 0.153. The molecule has 0 aliphatic heterocycles. The second kappa shape index (κ2) is 6.45. The van der Waals surface area contributed by atoms with Gasteiger partial charge in [-0.15, -0.1) is 0 Å². The van der Waals surface area contributed by atoms with Gasteiger partial charge in [0.05, 0.1) is 0 Å². The van der Waals surface area contributed by atoms with Crippen molar-refractivity contribution in [3.63, 3.8) is 0 Å². The van der Waals surface area contributed by atoms with Gasteiger partial charge in [0.2, 0.25) is 0 Å². The maximum atomic E-state index is 13.1. The summed E-state index contributed by atoms with van der Waals surface area (Å²) in [6, 6.07) is 13.4. The fraction of sp³-hybridized carbons (Fsp3) is 0.250. The van der Waals surface area contributed by atoms with Crippen LogP contribution in [0.25, 0.3) is 0 Å². The van der Waals surface area contributed by atoms with Crippen LogP contribution >= 0.6 is 0 Å². The molecule has 0 spiro atoms. The molecule has 0 amide bonds. The van der Waals surface area contributed by atoms with E-state index in [1.54, 1.807) is 6.92 Å². The molecular weight excluding hydrogens is 239 g/mol. The van der Waals surface area contributed by atoms with Crippen LogP contribution in [-0.2, 0) is 19.6 Å². The molecule has 19 heavy (non-hydrogen) atoms. The van der Waals surface area contributed by atoms with Crippen molar-refractivity contribution in [2.75, 3.05) is 0 Å². The molecule has 2 rings (SSSR count). The average molecular weight is 258 g/mol. The van der Waals surface area contributed by atoms with Gasteiger partial charge in [-0.3, -0.25) is 0 Å². The van der Waals surface area contributed by atoms with Crippen molar-refractivity contribution in [1.82, 2.24) is 5.32 Å². The summed E-state index contributed by atoms with van der Waals surface area (Å²) in [7, 11) is 0. The zero-order chi connectivity index (χ0) is 13.7. The van der Waals surface area contributed by atoms with Crippen LogP contribution in [0.15, 0.2) is 42.5 Å². The first-order valence-electron chi connectivity index (χ1n) is 6.42. The fourth-order valence-corrected chi connectivity index (χ4v) is 2.03. The van der Waals surface area contributed by atoms with E-state index in [4.69, 9.17) is 5.73 Å². The van der Waals surface area contributed by atoms with Crippen molar-refractivity contribution in [1.29, 1.82) is 0 Å². The van der Waals surface area contributed by atoms with E-state index in [-0.39, 0.29) is 5.82 Å². The molecule has 3 N–H and O–H groups in total. The van der Waals surface area contributed by atoms with Crippen molar-refractivity contribution in [2.24, 2.45) is 5.73 Å². The predicted molar refractivity (Wildman–Crippen MR) is 76.0 cm³/mol. The van der Waals surface area contributed by atoms with Gasteiger partial charge in [-0.1, -0.05) is 36.4 Å². The molecule has 0 aliphatic rings. The second-order valence-corrected chi connectivity index (χ2v) is 4.71. The summed E-state index contributed by atoms with van der Waals surface area (Å²) in [5.41, 5.74) is 9.74. The van der Waals surface area contributed by atoms with Gasteiger partial charge in [0, 0.05) is 19.6 Å². The molecule has 2 aromatic carbocycles. The Hall–Kier alpha value is -1.71. The Bertz CT molecular complexity index is 552. The standard InChI is InChI=1S/C16H19FN2/c1-12-7-15(5-6-16(12)17)11-19-10-14-4-2-3-13(8-14)9-18/h2-8,19H,9-11,18H2,1H3. The van der Waals surface area contributed by atoms with Crippen LogP contribution in [0.5, 0.6) is 0 Å². The number of nitrogens with two attached hydrogens (primary N) is 1. The maximum Gasteiger partial charge on any atom is 0.126 e. The van der Waals surface area contributed by atoms with Crippen molar-refractivity contribution < 1.29 is 4.39 Å². The largest absolute Gasteiger partial charge is 0.326 e. The molecule has 0 heterocycles. The molecule has 2 aromatic rings. The molecule has 2 nitrogen and oxygen atoms in total. The Kier molecular flexibility index (Phi) is 4.66. The molecule has 0 aromatic heterocycles. The summed E-state index contributed by atoms with van der Waals surface area (Å²) in [6.45, 7) is 3.85.